The average molecular weight is 249 g/mol. The van der Waals surface area contributed by atoms with Gasteiger partial charge in [0.2, 0.25) is 5.91 Å². The molecule has 2 heterocycles. The van der Waals surface area contributed by atoms with Crippen molar-refractivity contribution in [2.45, 2.75) is 5.16 Å². The summed E-state index contributed by atoms with van der Waals surface area (Å²) < 4.78 is 1.82. The molecule has 88 valence electrons. The standard InChI is InChI=1S/C10H11N5OS/c1-15-9(7-2-4-12-5-3-7)13-14-10(15)17-6-8(11)16/h2-5H,6H2,1H3,(H2,11,16). The van der Waals surface area contributed by atoms with Crippen molar-refractivity contribution < 1.29 is 4.79 Å². The molecule has 2 N–H and O–H groups in total. The topological polar surface area (TPSA) is 86.7 Å². The summed E-state index contributed by atoms with van der Waals surface area (Å²) in [5.74, 6) is 0.560. The minimum absolute atomic E-state index is 0.197. The fourth-order valence-corrected chi connectivity index (χ4v) is 1.98. The fraction of sp³-hybridized carbons (Fsp3) is 0.200. The maximum atomic E-state index is 10.7. The molecule has 0 aromatic carbocycles. The van der Waals surface area contributed by atoms with Crippen LogP contribution in [0.15, 0.2) is 29.7 Å². The molecule has 2 aromatic heterocycles. The van der Waals surface area contributed by atoms with Gasteiger partial charge >= 0.3 is 0 Å². The lowest BCUT2D eigenvalue weighted by molar-refractivity contribution is -0.115. The zero-order chi connectivity index (χ0) is 12.3. The molecule has 17 heavy (non-hydrogen) atoms. The monoisotopic (exact) mass is 249 g/mol. The highest BCUT2D eigenvalue weighted by atomic mass is 32.2. The number of carbonyl (C=O) groups excluding carboxylic acids is 1. The summed E-state index contributed by atoms with van der Waals surface area (Å²) in [5, 5.41) is 8.75. The predicted octanol–water partition coefficient (Wildman–Crippen LogP) is 0.454. The van der Waals surface area contributed by atoms with Crippen molar-refractivity contribution in [3.8, 4) is 11.4 Å². The molecule has 1 amide bonds. The minimum atomic E-state index is -0.372. The lowest BCUT2D eigenvalue weighted by Crippen LogP contribution is -2.13. The summed E-state index contributed by atoms with van der Waals surface area (Å²) in [6.45, 7) is 0. The van der Waals surface area contributed by atoms with Gasteiger partial charge in [-0.05, 0) is 12.1 Å². The van der Waals surface area contributed by atoms with Crippen LogP contribution in [0.2, 0.25) is 0 Å². The molecule has 0 atom stereocenters. The van der Waals surface area contributed by atoms with E-state index in [1.807, 2.05) is 23.7 Å². The third-order valence-corrected chi connectivity index (χ3v) is 3.16. The first-order valence-electron chi connectivity index (χ1n) is 4.89. The Balaban J connectivity index is 2.24. The van der Waals surface area contributed by atoms with Crippen molar-refractivity contribution in [1.82, 2.24) is 19.7 Å². The third-order valence-electron chi connectivity index (χ3n) is 2.12. The molecule has 0 aliphatic rings. The van der Waals surface area contributed by atoms with Gasteiger partial charge in [-0.2, -0.15) is 0 Å². The van der Waals surface area contributed by atoms with Gasteiger partial charge in [-0.15, -0.1) is 10.2 Å². The Morgan fingerprint density at radius 1 is 1.41 bits per heavy atom. The van der Waals surface area contributed by atoms with Crippen molar-refractivity contribution in [2.75, 3.05) is 5.75 Å². The lowest BCUT2D eigenvalue weighted by atomic mass is 10.2. The highest BCUT2D eigenvalue weighted by molar-refractivity contribution is 7.99. The summed E-state index contributed by atoms with van der Waals surface area (Å²) in [7, 11) is 1.85. The molecule has 2 rings (SSSR count). The van der Waals surface area contributed by atoms with Crippen molar-refractivity contribution in [3.05, 3.63) is 24.5 Å². The number of hydrogen-bond donors (Lipinski definition) is 1. The molecular weight excluding hydrogens is 238 g/mol. The average Bonchev–Trinajstić information content (AvgIpc) is 2.69. The zero-order valence-electron chi connectivity index (χ0n) is 9.20. The zero-order valence-corrected chi connectivity index (χ0v) is 10.0. The predicted molar refractivity (Wildman–Crippen MR) is 64.2 cm³/mol. The van der Waals surface area contributed by atoms with Crippen LogP contribution in [0.25, 0.3) is 11.4 Å². The van der Waals surface area contributed by atoms with Crippen molar-refractivity contribution in [2.24, 2.45) is 12.8 Å². The minimum Gasteiger partial charge on any atom is -0.369 e. The first-order valence-corrected chi connectivity index (χ1v) is 5.88. The quantitative estimate of drug-likeness (QED) is 0.795. The summed E-state index contributed by atoms with van der Waals surface area (Å²) in [4.78, 5) is 14.6. The van der Waals surface area contributed by atoms with Crippen LogP contribution in [0.5, 0.6) is 0 Å². The van der Waals surface area contributed by atoms with Crippen molar-refractivity contribution >= 4 is 17.7 Å². The fourth-order valence-electron chi connectivity index (χ4n) is 1.33. The van der Waals surface area contributed by atoms with Gasteiger partial charge in [-0.1, -0.05) is 11.8 Å². The maximum Gasteiger partial charge on any atom is 0.227 e. The Kier molecular flexibility index (Phi) is 3.38. The molecule has 0 bridgehead atoms. The van der Waals surface area contributed by atoms with E-state index in [2.05, 4.69) is 15.2 Å². The second-order valence-electron chi connectivity index (χ2n) is 3.36. The van der Waals surface area contributed by atoms with Crippen LogP contribution < -0.4 is 5.73 Å². The van der Waals surface area contributed by atoms with Crippen LogP contribution >= 0.6 is 11.8 Å². The highest BCUT2D eigenvalue weighted by Gasteiger charge is 2.11. The Hall–Kier alpha value is -1.89. The molecule has 0 aliphatic carbocycles. The number of pyridine rings is 1. The molecule has 0 radical (unpaired) electrons. The first kappa shape index (κ1) is 11.6. The number of hydrogen-bond acceptors (Lipinski definition) is 5. The Morgan fingerprint density at radius 3 is 2.76 bits per heavy atom. The molecular formula is C10H11N5OS. The Labute approximate surface area is 102 Å². The molecule has 0 saturated heterocycles. The Morgan fingerprint density at radius 2 is 2.12 bits per heavy atom. The molecule has 0 unspecified atom stereocenters. The molecule has 7 heteroatoms. The molecule has 0 aliphatic heterocycles. The Bertz CT molecular complexity index is 525. The number of carbonyl (C=O) groups is 1. The van der Waals surface area contributed by atoms with E-state index in [4.69, 9.17) is 5.73 Å². The number of thioether (sulfide) groups is 1. The number of aromatic nitrogens is 4. The van der Waals surface area contributed by atoms with Gasteiger partial charge in [-0.3, -0.25) is 9.78 Å². The van der Waals surface area contributed by atoms with E-state index in [0.29, 0.717) is 5.16 Å². The van der Waals surface area contributed by atoms with Crippen LogP contribution in [0.3, 0.4) is 0 Å². The van der Waals surface area contributed by atoms with Crippen molar-refractivity contribution in [3.63, 3.8) is 0 Å². The number of rotatable bonds is 4. The molecule has 0 spiro atoms. The first-order chi connectivity index (χ1) is 8.18. The van der Waals surface area contributed by atoms with Crippen LogP contribution in [0.1, 0.15) is 0 Å². The SMILES string of the molecule is Cn1c(SCC(N)=O)nnc1-c1ccncc1. The molecule has 0 fully saturated rings. The van der Waals surface area contributed by atoms with Crippen LogP contribution in [0.4, 0.5) is 0 Å². The highest BCUT2D eigenvalue weighted by Crippen LogP contribution is 2.21. The number of nitrogens with zero attached hydrogens (tertiary/aromatic N) is 4. The summed E-state index contributed by atoms with van der Waals surface area (Å²) >= 11 is 1.27. The van der Waals surface area contributed by atoms with E-state index < -0.39 is 0 Å². The van der Waals surface area contributed by atoms with Gasteiger partial charge < -0.3 is 10.3 Å². The van der Waals surface area contributed by atoms with Crippen LogP contribution in [-0.2, 0) is 11.8 Å². The maximum absolute atomic E-state index is 10.7. The number of nitrogens with two attached hydrogens (primary N) is 1. The van der Waals surface area contributed by atoms with E-state index >= 15 is 0 Å². The van der Waals surface area contributed by atoms with Gasteiger partial charge in [-0.25, -0.2) is 0 Å². The second kappa shape index (κ2) is 4.96. The normalized spacial score (nSPS) is 10.4. The van der Waals surface area contributed by atoms with Gasteiger partial charge in [0, 0.05) is 25.0 Å². The smallest absolute Gasteiger partial charge is 0.227 e. The van der Waals surface area contributed by atoms with E-state index in [1.165, 1.54) is 11.8 Å². The lowest BCUT2D eigenvalue weighted by Gasteiger charge is -2.02. The van der Waals surface area contributed by atoms with Crippen LogP contribution in [0, 0.1) is 0 Å². The van der Waals surface area contributed by atoms with E-state index in [1.54, 1.807) is 12.4 Å². The largest absolute Gasteiger partial charge is 0.369 e. The van der Waals surface area contributed by atoms with E-state index in [-0.39, 0.29) is 11.7 Å². The van der Waals surface area contributed by atoms with E-state index in [0.717, 1.165) is 11.4 Å². The van der Waals surface area contributed by atoms with Gasteiger partial charge in [0.25, 0.3) is 0 Å². The molecule has 0 saturated carbocycles. The van der Waals surface area contributed by atoms with E-state index in [9.17, 15) is 4.79 Å². The number of amides is 1. The van der Waals surface area contributed by atoms with Gasteiger partial charge in [0.1, 0.15) is 0 Å². The third kappa shape index (κ3) is 2.62. The second-order valence-corrected chi connectivity index (χ2v) is 4.30. The van der Waals surface area contributed by atoms with Crippen molar-refractivity contribution in [1.29, 1.82) is 0 Å². The summed E-state index contributed by atoms with van der Waals surface area (Å²) in [6.07, 6.45) is 3.39. The number of primary amides is 1. The molecule has 6 nitrogen and oxygen atoms in total. The van der Waals surface area contributed by atoms with Crippen LogP contribution in [-0.4, -0.2) is 31.4 Å². The molecule has 2 aromatic rings. The summed E-state index contributed by atoms with van der Waals surface area (Å²) in [5.41, 5.74) is 6.01. The van der Waals surface area contributed by atoms with Gasteiger partial charge in [0.05, 0.1) is 5.75 Å². The summed E-state index contributed by atoms with van der Waals surface area (Å²) in [6, 6.07) is 3.71. The van der Waals surface area contributed by atoms with Gasteiger partial charge in [0.15, 0.2) is 11.0 Å².